The summed E-state index contributed by atoms with van der Waals surface area (Å²) in [6, 6.07) is 0. The Hall–Kier alpha value is -1.06. The number of hydrogen-bond acceptors (Lipinski definition) is 2. The monoisotopic (exact) mass is 215 g/mol. The van der Waals surface area contributed by atoms with Gasteiger partial charge in [0.15, 0.2) is 0 Å². The van der Waals surface area contributed by atoms with Crippen LogP contribution in [0.15, 0.2) is 0 Å². The maximum absolute atomic E-state index is 11.5. The van der Waals surface area contributed by atoms with Gasteiger partial charge < -0.3 is 10.4 Å². The van der Waals surface area contributed by atoms with Gasteiger partial charge in [0.2, 0.25) is 5.91 Å². The molecule has 15 heavy (non-hydrogen) atoms. The van der Waals surface area contributed by atoms with Crippen LogP contribution in [0.5, 0.6) is 0 Å². The Morgan fingerprint density at radius 3 is 2.00 bits per heavy atom. The molecule has 0 aliphatic rings. The number of carboxylic acids is 1. The van der Waals surface area contributed by atoms with E-state index in [1.807, 2.05) is 13.8 Å². The van der Waals surface area contributed by atoms with E-state index in [2.05, 4.69) is 5.32 Å². The Kier molecular flexibility index (Phi) is 4.78. The van der Waals surface area contributed by atoms with Gasteiger partial charge in [-0.1, -0.05) is 27.7 Å². The molecule has 0 saturated carbocycles. The fourth-order valence-electron chi connectivity index (χ4n) is 1.16. The summed E-state index contributed by atoms with van der Waals surface area (Å²) in [5, 5.41) is 11.7. The molecule has 0 fully saturated rings. The Morgan fingerprint density at radius 1 is 1.27 bits per heavy atom. The van der Waals surface area contributed by atoms with Gasteiger partial charge >= 0.3 is 5.97 Å². The van der Waals surface area contributed by atoms with Gasteiger partial charge in [-0.05, 0) is 18.8 Å². The fraction of sp³-hybridized carbons (Fsp3) is 0.818. The first-order valence-electron chi connectivity index (χ1n) is 5.24. The van der Waals surface area contributed by atoms with Crippen LogP contribution in [0.1, 0.15) is 41.0 Å². The highest BCUT2D eigenvalue weighted by molar-refractivity contribution is 5.86. The molecule has 0 bridgehead atoms. The zero-order valence-corrected chi connectivity index (χ0v) is 10.1. The molecule has 0 saturated heterocycles. The van der Waals surface area contributed by atoms with Crippen molar-refractivity contribution in [1.82, 2.24) is 5.32 Å². The molecule has 4 heteroatoms. The minimum absolute atomic E-state index is 0.147. The molecule has 0 aliphatic carbocycles. The molecule has 0 heterocycles. The van der Waals surface area contributed by atoms with E-state index >= 15 is 0 Å². The number of amides is 1. The van der Waals surface area contributed by atoms with Crippen molar-refractivity contribution in [2.24, 2.45) is 11.8 Å². The minimum Gasteiger partial charge on any atom is -0.480 e. The second-order valence-electron chi connectivity index (χ2n) is 4.81. The van der Waals surface area contributed by atoms with Gasteiger partial charge in [-0.2, -0.15) is 0 Å². The van der Waals surface area contributed by atoms with Crippen LogP contribution in [0.2, 0.25) is 0 Å². The van der Waals surface area contributed by atoms with E-state index in [9.17, 15) is 9.59 Å². The number of nitrogens with one attached hydrogen (secondary N) is 1. The molecule has 2 N–H and O–H groups in total. The highest BCUT2D eigenvalue weighted by Crippen LogP contribution is 2.17. The Labute approximate surface area is 91.1 Å². The zero-order valence-electron chi connectivity index (χ0n) is 10.1. The van der Waals surface area contributed by atoms with E-state index in [1.165, 1.54) is 6.92 Å². The van der Waals surface area contributed by atoms with E-state index < -0.39 is 11.5 Å². The number of aliphatic carboxylic acids is 1. The van der Waals surface area contributed by atoms with Crippen LogP contribution in [-0.4, -0.2) is 22.5 Å². The first-order valence-corrected chi connectivity index (χ1v) is 5.24. The lowest BCUT2D eigenvalue weighted by molar-refractivity contribution is -0.149. The molecule has 1 atom stereocenters. The Morgan fingerprint density at radius 2 is 1.73 bits per heavy atom. The Bertz CT molecular complexity index is 248. The number of carboxylic acid groups (broad SMARTS) is 1. The van der Waals surface area contributed by atoms with Crippen molar-refractivity contribution < 1.29 is 14.7 Å². The quantitative estimate of drug-likeness (QED) is 0.732. The van der Waals surface area contributed by atoms with E-state index in [1.54, 1.807) is 13.8 Å². The smallest absolute Gasteiger partial charge is 0.329 e. The lowest BCUT2D eigenvalue weighted by atomic mass is 9.88. The molecule has 0 aliphatic heterocycles. The number of carbonyl (C=O) groups is 2. The standard InChI is InChI=1S/C11H21NO3/c1-7(2)6-9(13)12-11(5,8(3)4)10(14)15/h7-8H,6H2,1-5H3,(H,12,13)(H,14,15). The summed E-state index contributed by atoms with van der Waals surface area (Å²) in [6.45, 7) is 8.95. The summed E-state index contributed by atoms with van der Waals surface area (Å²) in [7, 11) is 0. The molecule has 0 radical (unpaired) electrons. The van der Waals surface area contributed by atoms with Crippen molar-refractivity contribution in [3.8, 4) is 0 Å². The van der Waals surface area contributed by atoms with Gasteiger partial charge in [-0.25, -0.2) is 4.79 Å². The normalized spacial score (nSPS) is 15.1. The van der Waals surface area contributed by atoms with Gasteiger partial charge in [-0.15, -0.1) is 0 Å². The highest BCUT2D eigenvalue weighted by atomic mass is 16.4. The van der Waals surface area contributed by atoms with E-state index in [-0.39, 0.29) is 17.7 Å². The largest absolute Gasteiger partial charge is 0.480 e. The molecule has 1 amide bonds. The number of rotatable bonds is 5. The van der Waals surface area contributed by atoms with Crippen LogP contribution in [0.25, 0.3) is 0 Å². The molecular weight excluding hydrogens is 194 g/mol. The van der Waals surface area contributed by atoms with Crippen LogP contribution >= 0.6 is 0 Å². The van der Waals surface area contributed by atoms with Crippen molar-refractivity contribution in [2.45, 2.75) is 46.6 Å². The molecule has 88 valence electrons. The first kappa shape index (κ1) is 13.9. The highest BCUT2D eigenvalue weighted by Gasteiger charge is 2.37. The van der Waals surface area contributed by atoms with Crippen LogP contribution in [0.4, 0.5) is 0 Å². The summed E-state index contributed by atoms with van der Waals surface area (Å²) < 4.78 is 0. The Balaban J connectivity index is 4.57. The summed E-state index contributed by atoms with van der Waals surface area (Å²) >= 11 is 0. The average molecular weight is 215 g/mol. The second kappa shape index (κ2) is 5.14. The van der Waals surface area contributed by atoms with Gasteiger partial charge in [0.1, 0.15) is 5.54 Å². The van der Waals surface area contributed by atoms with Crippen molar-refractivity contribution in [1.29, 1.82) is 0 Å². The molecule has 0 spiro atoms. The number of hydrogen-bond donors (Lipinski definition) is 2. The summed E-state index contributed by atoms with van der Waals surface area (Å²) in [5.74, 6) is -1.11. The summed E-state index contributed by atoms with van der Waals surface area (Å²) in [5.41, 5.74) is -1.17. The third kappa shape index (κ3) is 3.90. The lowest BCUT2D eigenvalue weighted by Crippen LogP contribution is -2.56. The van der Waals surface area contributed by atoms with Gasteiger partial charge in [0.25, 0.3) is 0 Å². The third-order valence-corrected chi connectivity index (χ3v) is 2.59. The van der Waals surface area contributed by atoms with Crippen molar-refractivity contribution >= 4 is 11.9 Å². The fourth-order valence-corrected chi connectivity index (χ4v) is 1.16. The van der Waals surface area contributed by atoms with Crippen LogP contribution in [0.3, 0.4) is 0 Å². The zero-order chi connectivity index (χ0) is 12.2. The van der Waals surface area contributed by atoms with E-state index in [0.717, 1.165) is 0 Å². The SMILES string of the molecule is CC(C)CC(=O)NC(C)(C(=O)O)C(C)C. The summed E-state index contributed by atoms with van der Waals surface area (Å²) in [4.78, 5) is 22.6. The van der Waals surface area contributed by atoms with Gasteiger partial charge in [0.05, 0.1) is 0 Å². The topological polar surface area (TPSA) is 66.4 Å². The second-order valence-corrected chi connectivity index (χ2v) is 4.81. The van der Waals surface area contributed by atoms with Crippen molar-refractivity contribution in [3.63, 3.8) is 0 Å². The maximum Gasteiger partial charge on any atom is 0.329 e. The molecule has 0 aromatic heterocycles. The third-order valence-electron chi connectivity index (χ3n) is 2.59. The van der Waals surface area contributed by atoms with Crippen LogP contribution < -0.4 is 5.32 Å². The summed E-state index contributed by atoms with van der Waals surface area (Å²) in [6.07, 6.45) is 0.357. The minimum atomic E-state index is -1.17. The van der Waals surface area contributed by atoms with Gasteiger partial charge in [-0.3, -0.25) is 4.79 Å². The molecule has 0 rings (SSSR count). The van der Waals surface area contributed by atoms with E-state index in [0.29, 0.717) is 6.42 Å². The molecule has 0 aromatic carbocycles. The average Bonchev–Trinajstić information content (AvgIpc) is 2.01. The molecule has 1 unspecified atom stereocenters. The molecule has 0 aromatic rings. The van der Waals surface area contributed by atoms with E-state index in [4.69, 9.17) is 5.11 Å². The molecular formula is C11H21NO3. The maximum atomic E-state index is 11.5. The van der Waals surface area contributed by atoms with Crippen LogP contribution in [-0.2, 0) is 9.59 Å². The molecule has 4 nitrogen and oxygen atoms in total. The van der Waals surface area contributed by atoms with Crippen LogP contribution in [0, 0.1) is 11.8 Å². The number of carbonyl (C=O) groups excluding carboxylic acids is 1. The lowest BCUT2D eigenvalue weighted by Gasteiger charge is -2.30. The van der Waals surface area contributed by atoms with Crippen molar-refractivity contribution in [2.75, 3.05) is 0 Å². The van der Waals surface area contributed by atoms with Gasteiger partial charge in [0, 0.05) is 6.42 Å². The predicted molar refractivity (Wildman–Crippen MR) is 58.5 cm³/mol. The predicted octanol–water partition coefficient (Wildman–Crippen LogP) is 1.65. The van der Waals surface area contributed by atoms with Crippen molar-refractivity contribution in [3.05, 3.63) is 0 Å². The first-order chi connectivity index (χ1) is 6.70.